The first-order chi connectivity index (χ1) is 12.5. The Hall–Kier alpha value is -2.21. The molecule has 0 amide bonds. The second kappa shape index (κ2) is 9.48. The van der Waals surface area contributed by atoms with E-state index in [1.54, 1.807) is 0 Å². The average molecular weight is 449 g/mol. The quantitative estimate of drug-likeness (QED) is 0.168. The fraction of sp³-hybridized carbons (Fsp3) is 0.357. The van der Waals surface area contributed by atoms with Gasteiger partial charge >= 0.3 is 0 Å². The van der Waals surface area contributed by atoms with Crippen molar-refractivity contribution in [3.63, 3.8) is 0 Å². The number of nitrogens with one attached hydrogen (secondary N) is 2. The lowest BCUT2D eigenvalue weighted by Crippen LogP contribution is -2.18. The van der Waals surface area contributed by atoms with Crippen LogP contribution in [-0.2, 0) is 10.6 Å². The van der Waals surface area contributed by atoms with Gasteiger partial charge in [0.25, 0.3) is 0 Å². The maximum atomic E-state index is 13.3. The minimum Gasteiger partial charge on any atom is -0.409 e. The van der Waals surface area contributed by atoms with E-state index in [1.807, 2.05) is 6.92 Å². The number of thiol groups is 1. The number of aromatic nitrogens is 2. The van der Waals surface area contributed by atoms with Gasteiger partial charge in [-0.2, -0.15) is 0 Å². The molecule has 0 aliphatic carbocycles. The highest BCUT2D eigenvalue weighted by Crippen LogP contribution is 2.21. The number of anilines is 2. The van der Waals surface area contributed by atoms with Crippen LogP contribution in [0.15, 0.2) is 36.8 Å². The molecular weight excluding hydrogens is 431 g/mol. The van der Waals surface area contributed by atoms with E-state index < -0.39 is 16.4 Å². The van der Waals surface area contributed by atoms with Crippen LogP contribution in [0.5, 0.6) is 0 Å². The van der Waals surface area contributed by atoms with Gasteiger partial charge in [-0.05, 0) is 50.9 Å². The SMILES string of the molecule is C/N=[SH](=O)\[C@@H](C)CCNc1nonc1/C(=N/O)Nc1ccc(F)c(Br)c1. The van der Waals surface area contributed by atoms with E-state index >= 15 is 0 Å². The molecule has 1 heterocycles. The number of nitrogens with zero attached hydrogens (tertiary/aromatic N) is 4. The third kappa shape index (κ3) is 5.14. The highest BCUT2D eigenvalue weighted by Gasteiger charge is 2.18. The minimum atomic E-state index is -1.61. The second-order valence-corrected chi connectivity index (χ2v) is 7.97. The first kappa shape index (κ1) is 20.1. The van der Waals surface area contributed by atoms with Crippen LogP contribution in [0.4, 0.5) is 15.9 Å². The molecule has 0 radical (unpaired) electrons. The zero-order valence-corrected chi connectivity index (χ0v) is 16.5. The van der Waals surface area contributed by atoms with Gasteiger partial charge in [0.1, 0.15) is 5.82 Å². The van der Waals surface area contributed by atoms with Gasteiger partial charge in [-0.3, -0.25) is 4.21 Å². The molecule has 1 unspecified atom stereocenters. The van der Waals surface area contributed by atoms with Crippen molar-refractivity contribution in [1.29, 1.82) is 0 Å². The van der Waals surface area contributed by atoms with Crippen LogP contribution in [0, 0.1) is 5.82 Å². The highest BCUT2D eigenvalue weighted by atomic mass is 79.9. The molecule has 0 aliphatic rings. The standard InChI is InChI=1S/C14H18BrFN6O3S/c1-8(26(24)17-2)5-6-18-13-12(21-25-22-13)14(20-23)19-9-3-4-11(16)10(15)7-9/h3-4,7-8,23,26H,5-6H2,1-2H3,(H,18,22)(H,19,20)/t8-/m0/s1. The first-order valence-electron chi connectivity index (χ1n) is 7.53. The summed E-state index contributed by atoms with van der Waals surface area (Å²) in [5.74, 6) is -0.202. The van der Waals surface area contributed by atoms with Crippen LogP contribution in [-0.4, -0.2) is 44.4 Å². The van der Waals surface area contributed by atoms with E-state index in [-0.39, 0.29) is 27.1 Å². The Morgan fingerprint density at radius 1 is 1.50 bits per heavy atom. The third-order valence-electron chi connectivity index (χ3n) is 3.42. The van der Waals surface area contributed by atoms with Crippen molar-refractivity contribution < 1.29 is 18.4 Å². The summed E-state index contributed by atoms with van der Waals surface area (Å²) in [4.78, 5) is 0. The van der Waals surface area contributed by atoms with E-state index in [1.165, 1.54) is 25.2 Å². The molecule has 26 heavy (non-hydrogen) atoms. The minimum absolute atomic E-state index is 0.0325. The Kier molecular flexibility index (Phi) is 7.33. The fourth-order valence-corrected chi connectivity index (χ4v) is 3.13. The molecule has 0 saturated heterocycles. The van der Waals surface area contributed by atoms with E-state index in [9.17, 15) is 13.8 Å². The normalized spacial score (nSPS) is 14.2. The molecule has 12 heteroatoms. The first-order valence-corrected chi connectivity index (χ1v) is 9.60. The molecule has 2 aromatic rings. The van der Waals surface area contributed by atoms with Gasteiger partial charge in [0.15, 0.2) is 5.69 Å². The summed E-state index contributed by atoms with van der Waals surface area (Å²) in [5, 5.41) is 25.6. The zero-order valence-electron chi connectivity index (χ0n) is 14.0. The lowest BCUT2D eigenvalue weighted by Gasteiger charge is -2.09. The van der Waals surface area contributed by atoms with Gasteiger partial charge in [-0.25, -0.2) is 13.4 Å². The Morgan fingerprint density at radius 3 is 2.92 bits per heavy atom. The van der Waals surface area contributed by atoms with Crippen molar-refractivity contribution >= 4 is 43.9 Å². The Labute approximate surface area is 159 Å². The molecule has 142 valence electrons. The lowest BCUT2D eigenvalue weighted by atomic mass is 10.3. The second-order valence-electron chi connectivity index (χ2n) is 5.23. The molecule has 2 rings (SSSR count). The van der Waals surface area contributed by atoms with Gasteiger partial charge in [-0.1, -0.05) is 12.1 Å². The predicted molar refractivity (Wildman–Crippen MR) is 101 cm³/mol. The number of rotatable bonds is 7. The largest absolute Gasteiger partial charge is 0.409 e. The summed E-state index contributed by atoms with van der Waals surface area (Å²) < 4.78 is 33.6. The molecule has 9 nitrogen and oxygen atoms in total. The Bertz CT molecular complexity index is 868. The number of hydrogen-bond donors (Lipinski definition) is 4. The summed E-state index contributed by atoms with van der Waals surface area (Å²) >= 11 is 3.08. The molecule has 3 N–H and O–H groups in total. The van der Waals surface area contributed by atoms with Gasteiger partial charge in [0.05, 0.1) is 4.47 Å². The van der Waals surface area contributed by atoms with Crippen LogP contribution in [0.1, 0.15) is 19.0 Å². The summed E-state index contributed by atoms with van der Waals surface area (Å²) in [6, 6.07) is 4.20. The van der Waals surface area contributed by atoms with Gasteiger partial charge in [0, 0.05) is 35.1 Å². The van der Waals surface area contributed by atoms with E-state index in [0.29, 0.717) is 18.7 Å². The molecule has 0 saturated carbocycles. The van der Waals surface area contributed by atoms with Gasteiger partial charge in [0.2, 0.25) is 11.7 Å². The van der Waals surface area contributed by atoms with Crippen molar-refractivity contribution in [3.8, 4) is 0 Å². The maximum absolute atomic E-state index is 13.3. The van der Waals surface area contributed by atoms with E-state index in [4.69, 9.17) is 4.63 Å². The molecule has 0 bridgehead atoms. The highest BCUT2D eigenvalue weighted by molar-refractivity contribution is 9.10. The Morgan fingerprint density at radius 2 is 2.27 bits per heavy atom. The number of halogens is 2. The molecule has 1 aromatic heterocycles. The molecular formula is C14H18BrFN6O3S. The lowest BCUT2D eigenvalue weighted by molar-refractivity contribution is 0.305. The van der Waals surface area contributed by atoms with E-state index in [0.717, 1.165) is 0 Å². The van der Waals surface area contributed by atoms with Crippen LogP contribution >= 0.6 is 15.9 Å². The van der Waals surface area contributed by atoms with Gasteiger partial charge in [-0.15, -0.1) is 0 Å². The topological polar surface area (TPSA) is 125 Å². The predicted octanol–water partition coefficient (Wildman–Crippen LogP) is 2.70. The van der Waals surface area contributed by atoms with Gasteiger partial charge < -0.3 is 15.8 Å². The average Bonchev–Trinajstić information content (AvgIpc) is 3.10. The van der Waals surface area contributed by atoms with Crippen molar-refractivity contribution in [3.05, 3.63) is 34.2 Å². The number of oxime groups is 1. The monoisotopic (exact) mass is 448 g/mol. The van der Waals surface area contributed by atoms with Crippen molar-refractivity contribution in [1.82, 2.24) is 10.3 Å². The van der Waals surface area contributed by atoms with Crippen molar-refractivity contribution in [2.75, 3.05) is 24.2 Å². The summed E-state index contributed by atoms with van der Waals surface area (Å²) in [6.07, 6.45) is 0.586. The van der Waals surface area contributed by atoms with Crippen LogP contribution in [0.25, 0.3) is 0 Å². The third-order valence-corrected chi connectivity index (χ3v) is 5.44. The number of benzene rings is 1. The fourth-order valence-electron chi connectivity index (χ4n) is 2.01. The Balaban J connectivity index is 2.07. The van der Waals surface area contributed by atoms with Crippen LogP contribution in [0.2, 0.25) is 0 Å². The molecule has 0 spiro atoms. The summed E-state index contributed by atoms with van der Waals surface area (Å²) in [7, 11) is -0.0871. The number of amidine groups is 1. The summed E-state index contributed by atoms with van der Waals surface area (Å²) in [6.45, 7) is 2.28. The van der Waals surface area contributed by atoms with Crippen molar-refractivity contribution in [2.24, 2.45) is 9.52 Å². The van der Waals surface area contributed by atoms with Crippen LogP contribution in [0.3, 0.4) is 0 Å². The molecule has 1 aromatic carbocycles. The van der Waals surface area contributed by atoms with Crippen molar-refractivity contribution in [2.45, 2.75) is 18.6 Å². The van der Waals surface area contributed by atoms with E-state index in [2.05, 4.69) is 46.4 Å². The summed E-state index contributed by atoms with van der Waals surface area (Å²) in [5.41, 5.74) is 0.611. The number of hydrogen-bond acceptors (Lipinski definition) is 8. The zero-order chi connectivity index (χ0) is 19.1. The molecule has 0 fully saturated rings. The maximum Gasteiger partial charge on any atom is 0.203 e. The molecule has 0 aliphatic heterocycles. The molecule has 2 atom stereocenters. The smallest absolute Gasteiger partial charge is 0.203 e. The van der Waals surface area contributed by atoms with Crippen LogP contribution < -0.4 is 10.6 Å².